The summed E-state index contributed by atoms with van der Waals surface area (Å²) in [5.41, 5.74) is 1.59. The van der Waals surface area contributed by atoms with Crippen LogP contribution in [0.15, 0.2) is 18.2 Å². The summed E-state index contributed by atoms with van der Waals surface area (Å²) >= 11 is 0. The van der Waals surface area contributed by atoms with Gasteiger partial charge >= 0.3 is 0 Å². The van der Waals surface area contributed by atoms with E-state index in [2.05, 4.69) is 27.7 Å². The fraction of sp³-hybridized carbons (Fsp3) is 0.650. The Balaban J connectivity index is 2.01. The van der Waals surface area contributed by atoms with Crippen LogP contribution in [0, 0.1) is 25.7 Å². The van der Waals surface area contributed by atoms with Crippen LogP contribution < -0.4 is 4.74 Å². The zero-order valence-electron chi connectivity index (χ0n) is 15.5. The third kappa shape index (κ3) is 4.27. The quantitative estimate of drug-likeness (QED) is 0.826. The number of hydrogen-bond acceptors (Lipinski definition) is 2. The Bertz CT molecular complexity index is 555. The van der Waals surface area contributed by atoms with Crippen LogP contribution in [0.2, 0.25) is 0 Å². The van der Waals surface area contributed by atoms with Gasteiger partial charge in [-0.1, -0.05) is 19.9 Å². The zero-order valence-corrected chi connectivity index (χ0v) is 15.5. The normalized spacial score (nSPS) is 16.7. The number of carbonyl (C=O) groups is 1. The van der Waals surface area contributed by atoms with Gasteiger partial charge in [0.1, 0.15) is 5.75 Å². The number of amides is 1. The molecule has 1 aromatic rings. The third-order valence-corrected chi connectivity index (χ3v) is 5.14. The van der Waals surface area contributed by atoms with Crippen LogP contribution in [0.4, 0.5) is 0 Å². The summed E-state index contributed by atoms with van der Waals surface area (Å²) in [7, 11) is 0. The summed E-state index contributed by atoms with van der Waals surface area (Å²) in [6, 6.07) is 6.00. The van der Waals surface area contributed by atoms with Crippen LogP contribution in [-0.4, -0.2) is 29.5 Å². The highest BCUT2D eigenvalue weighted by atomic mass is 16.5. The smallest absolute Gasteiger partial charge is 0.266 e. The Morgan fingerprint density at radius 1 is 1.17 bits per heavy atom. The fourth-order valence-electron chi connectivity index (χ4n) is 3.27. The molecule has 0 aromatic heterocycles. The minimum absolute atomic E-state index is 0.0953. The van der Waals surface area contributed by atoms with Gasteiger partial charge in [0.25, 0.3) is 5.91 Å². The van der Waals surface area contributed by atoms with Gasteiger partial charge in [-0.3, -0.25) is 4.79 Å². The molecule has 0 spiro atoms. The topological polar surface area (TPSA) is 29.5 Å². The number of likely N-dealkylation sites (tertiary alicyclic amines) is 1. The lowest BCUT2D eigenvalue weighted by molar-refractivity contribution is -0.147. The van der Waals surface area contributed by atoms with E-state index in [1.807, 2.05) is 36.9 Å². The minimum atomic E-state index is -0.827. The number of piperidine rings is 1. The van der Waals surface area contributed by atoms with E-state index in [1.165, 1.54) is 11.1 Å². The highest BCUT2D eigenvalue weighted by Crippen LogP contribution is 2.28. The van der Waals surface area contributed by atoms with Gasteiger partial charge in [0, 0.05) is 13.1 Å². The Hall–Kier alpha value is -1.51. The van der Waals surface area contributed by atoms with Crippen molar-refractivity contribution < 1.29 is 9.53 Å². The SMILES string of the molecule is Cc1ccc(OC(C)(C)C(=O)N2CCC(C(C)C)CC2)cc1C. The molecule has 3 nitrogen and oxygen atoms in total. The van der Waals surface area contributed by atoms with Gasteiger partial charge in [0.15, 0.2) is 5.60 Å². The fourth-order valence-corrected chi connectivity index (χ4v) is 3.27. The van der Waals surface area contributed by atoms with Gasteiger partial charge in [0.2, 0.25) is 0 Å². The van der Waals surface area contributed by atoms with Crippen molar-refractivity contribution in [2.45, 2.75) is 60.0 Å². The molecule has 128 valence electrons. The summed E-state index contributed by atoms with van der Waals surface area (Å²) in [5.74, 6) is 2.30. The van der Waals surface area contributed by atoms with E-state index in [9.17, 15) is 4.79 Å². The average Bonchev–Trinajstić information content (AvgIpc) is 2.50. The molecule has 1 aliphatic rings. The summed E-state index contributed by atoms with van der Waals surface area (Å²) in [5, 5.41) is 0. The molecule has 0 saturated carbocycles. The molecule has 0 atom stereocenters. The Morgan fingerprint density at radius 3 is 2.30 bits per heavy atom. The molecule has 3 heteroatoms. The number of aryl methyl sites for hydroxylation is 2. The zero-order chi connectivity index (χ0) is 17.2. The van der Waals surface area contributed by atoms with Crippen molar-refractivity contribution in [2.24, 2.45) is 11.8 Å². The first kappa shape index (κ1) is 17.8. The molecule has 0 aliphatic carbocycles. The second-order valence-electron chi connectivity index (χ2n) is 7.73. The molecular weight excluding hydrogens is 286 g/mol. The lowest BCUT2D eigenvalue weighted by Gasteiger charge is -2.38. The summed E-state index contributed by atoms with van der Waals surface area (Å²) in [4.78, 5) is 14.8. The molecule has 0 bridgehead atoms. The van der Waals surface area contributed by atoms with Gasteiger partial charge in [0.05, 0.1) is 0 Å². The van der Waals surface area contributed by atoms with Gasteiger partial charge in [-0.15, -0.1) is 0 Å². The molecule has 0 radical (unpaired) electrons. The number of carbonyl (C=O) groups excluding carboxylic acids is 1. The molecular formula is C20H31NO2. The highest BCUT2D eigenvalue weighted by Gasteiger charge is 2.36. The average molecular weight is 317 g/mol. The summed E-state index contributed by atoms with van der Waals surface area (Å²) in [6.45, 7) is 14.1. The largest absolute Gasteiger partial charge is 0.478 e. The Kier molecular flexibility index (Phi) is 5.38. The number of nitrogens with zero attached hydrogens (tertiary/aromatic N) is 1. The van der Waals surface area contributed by atoms with E-state index in [4.69, 9.17) is 4.74 Å². The first-order valence-corrected chi connectivity index (χ1v) is 8.76. The van der Waals surface area contributed by atoms with Gasteiger partial charge in [-0.05, 0) is 75.6 Å². The van der Waals surface area contributed by atoms with E-state index in [1.54, 1.807) is 0 Å². The first-order valence-electron chi connectivity index (χ1n) is 8.76. The van der Waals surface area contributed by atoms with Crippen molar-refractivity contribution in [3.8, 4) is 5.75 Å². The molecule has 2 rings (SSSR count). The minimum Gasteiger partial charge on any atom is -0.478 e. The van der Waals surface area contributed by atoms with Crippen molar-refractivity contribution in [2.75, 3.05) is 13.1 Å². The lowest BCUT2D eigenvalue weighted by Crippen LogP contribution is -2.51. The van der Waals surface area contributed by atoms with Crippen LogP contribution in [0.1, 0.15) is 51.7 Å². The van der Waals surface area contributed by atoms with Crippen LogP contribution in [0.3, 0.4) is 0 Å². The molecule has 1 amide bonds. The molecule has 23 heavy (non-hydrogen) atoms. The van der Waals surface area contributed by atoms with Crippen LogP contribution in [0.5, 0.6) is 5.75 Å². The molecule has 1 aliphatic heterocycles. The second-order valence-corrected chi connectivity index (χ2v) is 7.73. The monoisotopic (exact) mass is 317 g/mol. The first-order chi connectivity index (χ1) is 10.7. The standard InChI is InChI=1S/C20H31NO2/c1-14(2)17-9-11-21(12-10-17)19(22)20(5,6)23-18-8-7-15(3)16(4)13-18/h7-8,13-14,17H,9-12H2,1-6H3. The number of ether oxygens (including phenoxy) is 1. The maximum absolute atomic E-state index is 12.9. The van der Waals surface area contributed by atoms with E-state index < -0.39 is 5.60 Å². The third-order valence-electron chi connectivity index (χ3n) is 5.14. The highest BCUT2D eigenvalue weighted by molar-refractivity contribution is 5.85. The van der Waals surface area contributed by atoms with Crippen LogP contribution in [0.25, 0.3) is 0 Å². The predicted octanol–water partition coefficient (Wildman–Crippen LogP) is 4.36. The lowest BCUT2D eigenvalue weighted by atomic mass is 9.86. The van der Waals surface area contributed by atoms with E-state index in [0.717, 1.165) is 37.6 Å². The van der Waals surface area contributed by atoms with Crippen LogP contribution in [-0.2, 0) is 4.79 Å². The van der Waals surface area contributed by atoms with E-state index in [-0.39, 0.29) is 5.91 Å². The maximum Gasteiger partial charge on any atom is 0.266 e. The van der Waals surface area contributed by atoms with Gasteiger partial charge in [-0.2, -0.15) is 0 Å². The van der Waals surface area contributed by atoms with Crippen molar-refractivity contribution in [3.63, 3.8) is 0 Å². The predicted molar refractivity (Wildman–Crippen MR) is 94.8 cm³/mol. The van der Waals surface area contributed by atoms with Crippen molar-refractivity contribution in [1.82, 2.24) is 4.90 Å². The molecule has 0 N–H and O–H groups in total. The molecule has 1 fully saturated rings. The van der Waals surface area contributed by atoms with Crippen molar-refractivity contribution in [3.05, 3.63) is 29.3 Å². The number of hydrogen-bond donors (Lipinski definition) is 0. The van der Waals surface area contributed by atoms with Gasteiger partial charge in [-0.25, -0.2) is 0 Å². The molecule has 0 unspecified atom stereocenters. The number of rotatable bonds is 4. The summed E-state index contributed by atoms with van der Waals surface area (Å²) in [6.07, 6.45) is 2.20. The van der Waals surface area contributed by atoms with Crippen LogP contribution >= 0.6 is 0 Å². The van der Waals surface area contributed by atoms with Gasteiger partial charge < -0.3 is 9.64 Å². The number of benzene rings is 1. The van der Waals surface area contributed by atoms with E-state index >= 15 is 0 Å². The summed E-state index contributed by atoms with van der Waals surface area (Å²) < 4.78 is 6.04. The Labute approximate surface area is 141 Å². The molecule has 1 saturated heterocycles. The van der Waals surface area contributed by atoms with Crippen molar-refractivity contribution >= 4 is 5.91 Å². The van der Waals surface area contributed by atoms with E-state index in [0.29, 0.717) is 5.92 Å². The Morgan fingerprint density at radius 2 is 1.78 bits per heavy atom. The maximum atomic E-state index is 12.9. The van der Waals surface area contributed by atoms with Crippen molar-refractivity contribution in [1.29, 1.82) is 0 Å². The molecule has 1 heterocycles. The second kappa shape index (κ2) is 6.94. The molecule has 1 aromatic carbocycles.